The van der Waals surface area contributed by atoms with Gasteiger partial charge in [0.05, 0.1) is 4.87 Å². The smallest absolute Gasteiger partial charge is 0.229 e. The van der Waals surface area contributed by atoms with Gasteiger partial charge in [0, 0.05) is 5.41 Å². The Morgan fingerprint density at radius 1 is 1.22 bits per heavy atom. The molecular formula is C11H14Cl2N4S. The van der Waals surface area contributed by atoms with Crippen LogP contribution in [0, 0.1) is 17.8 Å². The number of terminal acetylenes is 1. The van der Waals surface area contributed by atoms with Gasteiger partial charge < -0.3 is 5.32 Å². The summed E-state index contributed by atoms with van der Waals surface area (Å²) in [6, 6.07) is 0. The third kappa shape index (κ3) is 4.89. The first-order valence-corrected chi connectivity index (χ1v) is 6.39. The van der Waals surface area contributed by atoms with E-state index in [1.807, 2.05) is 20.8 Å². The molecule has 0 bridgehead atoms. The van der Waals surface area contributed by atoms with Gasteiger partial charge in [0.2, 0.25) is 16.5 Å². The van der Waals surface area contributed by atoms with Crippen molar-refractivity contribution in [2.45, 2.75) is 32.1 Å². The molecule has 0 fully saturated rings. The summed E-state index contributed by atoms with van der Waals surface area (Å²) in [5, 5.41) is 3.08. The molecule has 0 aromatic carbocycles. The second-order valence-electron chi connectivity index (χ2n) is 4.80. The summed E-state index contributed by atoms with van der Waals surface area (Å²) < 4.78 is 0. The molecule has 1 unspecified atom stereocenters. The van der Waals surface area contributed by atoms with Crippen LogP contribution >= 0.6 is 35.8 Å². The van der Waals surface area contributed by atoms with Crippen LogP contribution in [-0.2, 0) is 0 Å². The maximum atomic E-state index is 5.70. The Morgan fingerprint density at radius 3 is 2.17 bits per heavy atom. The van der Waals surface area contributed by atoms with E-state index in [1.54, 1.807) is 0 Å². The van der Waals surface area contributed by atoms with Crippen molar-refractivity contribution in [2.24, 2.45) is 5.41 Å². The Bertz CT molecular complexity index is 462. The summed E-state index contributed by atoms with van der Waals surface area (Å²) in [7, 11) is 0. The average molecular weight is 305 g/mol. The van der Waals surface area contributed by atoms with Gasteiger partial charge in [0.15, 0.2) is 0 Å². The zero-order valence-electron chi connectivity index (χ0n) is 10.3. The summed E-state index contributed by atoms with van der Waals surface area (Å²) >= 11 is 15.9. The largest absolute Gasteiger partial charge is 0.340 e. The van der Waals surface area contributed by atoms with E-state index < -0.39 is 4.87 Å². The fourth-order valence-corrected chi connectivity index (χ4v) is 2.44. The lowest BCUT2D eigenvalue weighted by Gasteiger charge is -2.31. The van der Waals surface area contributed by atoms with E-state index in [1.165, 1.54) is 0 Å². The van der Waals surface area contributed by atoms with Gasteiger partial charge in [-0.3, -0.25) is 0 Å². The van der Waals surface area contributed by atoms with E-state index in [9.17, 15) is 0 Å². The van der Waals surface area contributed by atoms with Gasteiger partial charge in [0.25, 0.3) is 0 Å². The molecule has 0 aliphatic rings. The molecule has 0 aliphatic carbocycles. The SMILES string of the molecule is C#CC(C)(C)CC(C)(S)Nc1nc(Cl)nc(Cl)n1. The van der Waals surface area contributed by atoms with E-state index in [0.717, 1.165) is 0 Å². The fourth-order valence-electron chi connectivity index (χ4n) is 1.58. The van der Waals surface area contributed by atoms with Crippen LogP contribution in [0.4, 0.5) is 5.95 Å². The summed E-state index contributed by atoms with van der Waals surface area (Å²) in [4.78, 5) is 10.9. The number of thiol groups is 1. The van der Waals surface area contributed by atoms with Gasteiger partial charge in [-0.1, -0.05) is 0 Å². The normalized spacial score (nSPS) is 14.7. The minimum absolute atomic E-state index is 0.0258. The minimum Gasteiger partial charge on any atom is -0.340 e. The molecule has 1 N–H and O–H groups in total. The summed E-state index contributed by atoms with van der Waals surface area (Å²) in [6.45, 7) is 5.79. The van der Waals surface area contributed by atoms with Gasteiger partial charge in [-0.05, 0) is 50.4 Å². The van der Waals surface area contributed by atoms with Crippen LogP contribution in [0.3, 0.4) is 0 Å². The molecule has 0 radical (unpaired) electrons. The predicted octanol–water partition coefficient (Wildman–Crippen LogP) is 3.29. The number of hydrogen-bond acceptors (Lipinski definition) is 5. The lowest BCUT2D eigenvalue weighted by Crippen LogP contribution is -2.34. The molecular weight excluding hydrogens is 291 g/mol. The van der Waals surface area contributed by atoms with Crippen LogP contribution in [-0.4, -0.2) is 19.8 Å². The maximum absolute atomic E-state index is 5.70. The molecule has 0 saturated carbocycles. The molecule has 0 saturated heterocycles. The molecule has 98 valence electrons. The van der Waals surface area contributed by atoms with E-state index >= 15 is 0 Å². The van der Waals surface area contributed by atoms with E-state index in [4.69, 9.17) is 29.6 Å². The zero-order valence-corrected chi connectivity index (χ0v) is 12.7. The number of nitrogens with zero attached hydrogens (tertiary/aromatic N) is 3. The second-order valence-corrected chi connectivity index (χ2v) is 6.46. The summed E-state index contributed by atoms with van der Waals surface area (Å²) in [6.07, 6.45) is 6.07. The van der Waals surface area contributed by atoms with Gasteiger partial charge in [-0.15, -0.1) is 12.3 Å². The molecule has 18 heavy (non-hydrogen) atoms. The lowest BCUT2D eigenvalue weighted by molar-refractivity contribution is 0.412. The van der Waals surface area contributed by atoms with Crippen molar-refractivity contribution in [2.75, 3.05) is 5.32 Å². The highest BCUT2D eigenvalue weighted by Crippen LogP contribution is 2.31. The Hall–Kier alpha value is -0.700. The zero-order chi connectivity index (χ0) is 14.0. The van der Waals surface area contributed by atoms with Crippen LogP contribution in [0.1, 0.15) is 27.2 Å². The van der Waals surface area contributed by atoms with E-state index in [2.05, 4.69) is 38.8 Å². The van der Waals surface area contributed by atoms with Gasteiger partial charge >= 0.3 is 0 Å². The quantitative estimate of drug-likeness (QED) is 0.509. The Labute approximate surface area is 122 Å². The number of rotatable bonds is 4. The Morgan fingerprint density at radius 2 is 1.72 bits per heavy atom. The Balaban J connectivity index is 2.86. The number of anilines is 1. The molecule has 1 rings (SSSR count). The van der Waals surface area contributed by atoms with Crippen LogP contribution in [0.25, 0.3) is 0 Å². The van der Waals surface area contributed by atoms with Gasteiger partial charge in [0.1, 0.15) is 0 Å². The first-order valence-electron chi connectivity index (χ1n) is 5.19. The molecule has 1 aromatic heterocycles. The molecule has 7 heteroatoms. The number of halogens is 2. The van der Waals surface area contributed by atoms with Gasteiger partial charge in [-0.2, -0.15) is 27.6 Å². The van der Waals surface area contributed by atoms with Crippen molar-refractivity contribution in [3.63, 3.8) is 0 Å². The van der Waals surface area contributed by atoms with Crippen LogP contribution in [0.15, 0.2) is 0 Å². The lowest BCUT2D eigenvalue weighted by atomic mass is 9.87. The highest BCUT2D eigenvalue weighted by atomic mass is 35.5. The van der Waals surface area contributed by atoms with Crippen molar-refractivity contribution in [3.8, 4) is 12.3 Å². The first-order chi connectivity index (χ1) is 8.13. The standard InChI is InChI=1S/C11H14Cl2N4S/c1-5-10(2,3)6-11(4,18)17-9-15-7(12)14-8(13)16-9/h1,18H,6H2,2-4H3,(H,14,15,16,17). The molecule has 0 spiro atoms. The molecule has 4 nitrogen and oxygen atoms in total. The summed E-state index contributed by atoms with van der Waals surface area (Å²) in [5.74, 6) is 2.98. The topological polar surface area (TPSA) is 50.7 Å². The molecule has 0 amide bonds. The van der Waals surface area contributed by atoms with Crippen molar-refractivity contribution in [1.29, 1.82) is 0 Å². The highest BCUT2D eigenvalue weighted by Gasteiger charge is 2.29. The van der Waals surface area contributed by atoms with E-state index in [-0.39, 0.29) is 21.9 Å². The predicted molar refractivity (Wildman–Crippen MR) is 78.1 cm³/mol. The number of hydrogen-bond donors (Lipinski definition) is 2. The third-order valence-electron chi connectivity index (χ3n) is 2.14. The second kappa shape index (κ2) is 5.52. The highest BCUT2D eigenvalue weighted by molar-refractivity contribution is 7.81. The summed E-state index contributed by atoms with van der Waals surface area (Å²) in [5.41, 5.74) is -0.301. The van der Waals surface area contributed by atoms with Crippen molar-refractivity contribution in [1.82, 2.24) is 15.0 Å². The first kappa shape index (κ1) is 15.4. The minimum atomic E-state index is -0.593. The Kier molecular flexibility index (Phi) is 4.71. The maximum Gasteiger partial charge on any atom is 0.229 e. The molecule has 0 aliphatic heterocycles. The number of aromatic nitrogens is 3. The van der Waals surface area contributed by atoms with Crippen LogP contribution in [0.2, 0.25) is 10.6 Å². The van der Waals surface area contributed by atoms with Crippen LogP contribution in [0.5, 0.6) is 0 Å². The van der Waals surface area contributed by atoms with Gasteiger partial charge in [-0.25, -0.2) is 0 Å². The molecule has 1 atom stereocenters. The van der Waals surface area contributed by atoms with Crippen molar-refractivity contribution >= 4 is 41.8 Å². The average Bonchev–Trinajstić information content (AvgIpc) is 2.12. The van der Waals surface area contributed by atoms with E-state index in [0.29, 0.717) is 6.42 Å². The van der Waals surface area contributed by atoms with Crippen LogP contribution < -0.4 is 5.32 Å². The molecule has 1 aromatic rings. The molecule has 1 heterocycles. The van der Waals surface area contributed by atoms with Crippen molar-refractivity contribution < 1.29 is 0 Å². The van der Waals surface area contributed by atoms with Crippen molar-refractivity contribution in [3.05, 3.63) is 10.6 Å². The number of nitrogens with one attached hydrogen (secondary N) is 1. The fraction of sp³-hybridized carbons (Fsp3) is 0.545. The monoisotopic (exact) mass is 304 g/mol. The third-order valence-corrected chi connectivity index (χ3v) is 2.75.